The van der Waals surface area contributed by atoms with Crippen LogP contribution in [0.5, 0.6) is 0 Å². The molecule has 0 bridgehead atoms. The maximum Gasteiger partial charge on any atom is 0.0935 e. The minimum atomic E-state index is -0.353. The van der Waals surface area contributed by atoms with Gasteiger partial charge < -0.3 is 5.11 Å². The van der Waals surface area contributed by atoms with Gasteiger partial charge >= 0.3 is 0 Å². The predicted octanol–water partition coefficient (Wildman–Crippen LogP) is 1.05. The molecule has 1 aliphatic heterocycles. The quantitative estimate of drug-likeness (QED) is 0.906. The number of hydrogen-bond acceptors (Lipinski definition) is 4. The fraction of sp³-hybridized carbons (Fsp3) is 0.467. The van der Waals surface area contributed by atoms with Crippen LogP contribution in [-0.2, 0) is 0 Å². The van der Waals surface area contributed by atoms with Gasteiger partial charge in [0.25, 0.3) is 0 Å². The molecular weight excluding hydrogens is 252 g/mol. The number of nitrogens with zero attached hydrogens (tertiary/aromatic N) is 4. The van der Waals surface area contributed by atoms with E-state index in [0.717, 1.165) is 13.1 Å². The zero-order valence-electron chi connectivity index (χ0n) is 11.2. The molecule has 2 fully saturated rings. The van der Waals surface area contributed by atoms with Crippen LogP contribution < -0.4 is 0 Å². The molecule has 2 heterocycles. The molecule has 1 N–H and O–H groups in total. The first-order valence-corrected chi connectivity index (χ1v) is 7.16. The average Bonchev–Trinajstić information content (AvgIpc) is 2.91. The van der Waals surface area contributed by atoms with Gasteiger partial charge in [-0.15, -0.1) is 5.10 Å². The number of likely N-dealkylation sites (tertiary alicyclic amines) is 1. The van der Waals surface area contributed by atoms with Crippen molar-refractivity contribution in [1.82, 2.24) is 19.9 Å². The minimum Gasteiger partial charge on any atom is -0.390 e. The second-order valence-electron chi connectivity index (χ2n) is 5.79. The molecule has 4 atom stereocenters. The van der Waals surface area contributed by atoms with E-state index in [9.17, 15) is 5.11 Å². The summed E-state index contributed by atoms with van der Waals surface area (Å²) in [5.41, 5.74) is 1.41. The number of aliphatic hydroxyl groups excluding tert-OH is 1. The topological polar surface area (TPSA) is 54.2 Å². The van der Waals surface area contributed by atoms with E-state index in [1.54, 1.807) is 10.9 Å². The van der Waals surface area contributed by atoms with Gasteiger partial charge in [-0.25, -0.2) is 4.68 Å². The Morgan fingerprint density at radius 3 is 2.70 bits per heavy atom. The Hall–Kier alpha value is -1.72. The van der Waals surface area contributed by atoms with Gasteiger partial charge in [0, 0.05) is 31.2 Å². The number of hydrogen-bond donors (Lipinski definition) is 1. The third-order valence-corrected chi connectivity index (χ3v) is 4.52. The number of benzene rings is 1. The predicted molar refractivity (Wildman–Crippen MR) is 74.2 cm³/mol. The molecular formula is C15H18N4O. The molecule has 1 aromatic heterocycles. The maximum atomic E-state index is 10.2. The van der Waals surface area contributed by atoms with E-state index in [4.69, 9.17) is 0 Å². The monoisotopic (exact) mass is 270 g/mol. The van der Waals surface area contributed by atoms with Crippen molar-refractivity contribution in [2.75, 3.05) is 13.1 Å². The lowest BCUT2D eigenvalue weighted by molar-refractivity contribution is 0.137. The van der Waals surface area contributed by atoms with Crippen molar-refractivity contribution in [3.05, 3.63) is 48.3 Å². The summed E-state index contributed by atoms with van der Waals surface area (Å²) in [6.07, 6.45) is 4.34. The van der Waals surface area contributed by atoms with Crippen molar-refractivity contribution in [2.24, 2.45) is 0 Å². The van der Waals surface area contributed by atoms with Crippen LogP contribution in [0.2, 0.25) is 0 Å². The summed E-state index contributed by atoms with van der Waals surface area (Å²) in [5, 5.41) is 18.1. The Balaban J connectivity index is 1.45. The Morgan fingerprint density at radius 1 is 1.10 bits per heavy atom. The van der Waals surface area contributed by atoms with E-state index in [1.807, 2.05) is 6.20 Å². The molecule has 20 heavy (non-hydrogen) atoms. The van der Waals surface area contributed by atoms with E-state index in [1.165, 1.54) is 12.0 Å². The van der Waals surface area contributed by atoms with Crippen molar-refractivity contribution in [1.29, 1.82) is 0 Å². The highest BCUT2D eigenvalue weighted by atomic mass is 16.3. The van der Waals surface area contributed by atoms with Crippen molar-refractivity contribution in [2.45, 2.75) is 30.5 Å². The van der Waals surface area contributed by atoms with Crippen molar-refractivity contribution in [3.8, 4) is 0 Å². The third kappa shape index (κ3) is 2.03. The summed E-state index contributed by atoms with van der Waals surface area (Å²) in [7, 11) is 0. The normalized spacial score (nSPS) is 33.5. The first kappa shape index (κ1) is 12.1. The summed E-state index contributed by atoms with van der Waals surface area (Å²) in [5.74, 6) is 0.623. The fourth-order valence-electron chi connectivity index (χ4n) is 3.37. The van der Waals surface area contributed by atoms with Crippen LogP contribution >= 0.6 is 0 Å². The third-order valence-electron chi connectivity index (χ3n) is 4.52. The second kappa shape index (κ2) is 4.68. The standard InChI is InChI=1S/C15H18N4O/c20-15-10-18(9-14(15)19-7-6-16-17-19)13-8-12(13)11-4-2-1-3-5-11/h1-7,12-15,20H,8-10H2/t12-,13-,14-,15-/m1/s1. The average molecular weight is 270 g/mol. The van der Waals surface area contributed by atoms with E-state index in [2.05, 4.69) is 45.5 Å². The van der Waals surface area contributed by atoms with Crippen LogP contribution in [0.4, 0.5) is 0 Å². The summed E-state index contributed by atoms with van der Waals surface area (Å²) in [4.78, 5) is 2.40. The number of rotatable bonds is 3. The zero-order chi connectivity index (χ0) is 13.5. The molecule has 5 nitrogen and oxygen atoms in total. The van der Waals surface area contributed by atoms with Crippen LogP contribution in [0.15, 0.2) is 42.7 Å². The van der Waals surface area contributed by atoms with Gasteiger partial charge in [0.1, 0.15) is 0 Å². The molecule has 1 saturated heterocycles. The molecule has 0 radical (unpaired) electrons. The van der Waals surface area contributed by atoms with Crippen LogP contribution in [0.25, 0.3) is 0 Å². The highest BCUT2D eigenvalue weighted by Gasteiger charge is 2.47. The molecule has 5 heteroatoms. The van der Waals surface area contributed by atoms with Crippen LogP contribution in [0.3, 0.4) is 0 Å². The number of aliphatic hydroxyl groups is 1. The van der Waals surface area contributed by atoms with Gasteiger partial charge in [-0.1, -0.05) is 35.5 Å². The molecule has 4 rings (SSSR count). The van der Waals surface area contributed by atoms with Gasteiger partial charge in [0.15, 0.2) is 0 Å². The highest BCUT2D eigenvalue weighted by molar-refractivity contribution is 5.28. The Morgan fingerprint density at radius 2 is 1.95 bits per heavy atom. The van der Waals surface area contributed by atoms with Crippen LogP contribution in [0.1, 0.15) is 23.9 Å². The van der Waals surface area contributed by atoms with Crippen LogP contribution in [0, 0.1) is 0 Å². The highest BCUT2D eigenvalue weighted by Crippen LogP contribution is 2.46. The number of β-amino-alcohol motifs (C(OH)–C–C–N with tert-alkyl or cyclic N) is 1. The Labute approximate surface area is 117 Å². The number of aromatic nitrogens is 3. The van der Waals surface area contributed by atoms with Gasteiger partial charge in [-0.2, -0.15) is 0 Å². The Bertz CT molecular complexity index is 571. The smallest absolute Gasteiger partial charge is 0.0935 e. The summed E-state index contributed by atoms with van der Waals surface area (Å²) in [6, 6.07) is 11.3. The fourth-order valence-corrected chi connectivity index (χ4v) is 3.37. The molecule has 1 saturated carbocycles. The van der Waals surface area contributed by atoms with E-state index < -0.39 is 0 Å². The first-order valence-electron chi connectivity index (χ1n) is 7.16. The minimum absolute atomic E-state index is 0.0366. The Kier molecular flexibility index (Phi) is 2.82. The van der Waals surface area contributed by atoms with Crippen molar-refractivity contribution in [3.63, 3.8) is 0 Å². The molecule has 2 aromatic rings. The lowest BCUT2D eigenvalue weighted by Crippen LogP contribution is -2.25. The summed E-state index contributed by atoms with van der Waals surface area (Å²) in [6.45, 7) is 1.59. The van der Waals surface area contributed by atoms with E-state index in [0.29, 0.717) is 12.0 Å². The van der Waals surface area contributed by atoms with Gasteiger partial charge in [-0.3, -0.25) is 4.90 Å². The lowest BCUT2D eigenvalue weighted by atomic mass is 10.1. The molecule has 1 aromatic carbocycles. The second-order valence-corrected chi connectivity index (χ2v) is 5.79. The SMILES string of the molecule is O[C@@H]1CN([C@@H]2C[C@@H]2c2ccccc2)C[C@H]1n1ccnn1. The summed E-state index contributed by atoms with van der Waals surface area (Å²) < 4.78 is 1.78. The lowest BCUT2D eigenvalue weighted by Gasteiger charge is -2.15. The largest absolute Gasteiger partial charge is 0.390 e. The van der Waals surface area contributed by atoms with Gasteiger partial charge in [0.2, 0.25) is 0 Å². The molecule has 104 valence electrons. The first-order chi connectivity index (χ1) is 9.83. The molecule has 0 unspecified atom stereocenters. The van der Waals surface area contributed by atoms with Gasteiger partial charge in [0.05, 0.1) is 18.3 Å². The van der Waals surface area contributed by atoms with Crippen LogP contribution in [-0.4, -0.2) is 50.2 Å². The summed E-state index contributed by atoms with van der Waals surface area (Å²) >= 11 is 0. The molecule has 0 amide bonds. The van der Waals surface area contributed by atoms with E-state index >= 15 is 0 Å². The molecule has 1 aliphatic carbocycles. The molecule has 2 aliphatic rings. The van der Waals surface area contributed by atoms with Crippen molar-refractivity contribution < 1.29 is 5.11 Å². The maximum absolute atomic E-state index is 10.2. The zero-order valence-corrected chi connectivity index (χ0v) is 11.2. The van der Waals surface area contributed by atoms with E-state index in [-0.39, 0.29) is 12.1 Å². The van der Waals surface area contributed by atoms with Gasteiger partial charge in [-0.05, 0) is 12.0 Å². The molecule has 0 spiro atoms. The van der Waals surface area contributed by atoms with Crippen molar-refractivity contribution >= 4 is 0 Å².